The summed E-state index contributed by atoms with van der Waals surface area (Å²) in [5.74, 6) is -11.9. The van der Waals surface area contributed by atoms with E-state index in [1.807, 2.05) is 27.7 Å². The van der Waals surface area contributed by atoms with E-state index in [0.29, 0.717) is 51.4 Å². The average molecular weight is 2060 g/mol. The van der Waals surface area contributed by atoms with Crippen molar-refractivity contribution in [2.75, 3.05) is 72.1 Å². The number of unbranched alkanes of at least 4 members (excludes halogenated alkanes) is 24. The molecule has 2 aliphatic heterocycles. The molecule has 1 unspecified atom stereocenters. The molecule has 1 aliphatic carbocycles. The van der Waals surface area contributed by atoms with Crippen molar-refractivity contribution in [2.24, 2.45) is 22.9 Å². The number of hydrogen-bond donors (Lipinski definition) is 17. The Morgan fingerprint density at radius 3 is 0.886 bits per heavy atom. The number of nitrogens with one attached hydrogen (secondary N) is 9. The number of alkyl carbamates (subject to hydrolysis) is 8. The molecule has 3 aliphatic rings. The summed E-state index contributed by atoms with van der Waals surface area (Å²) in [5, 5.41) is 53.5. The van der Waals surface area contributed by atoms with Crippen LogP contribution in [0.15, 0.2) is 0 Å². The quantitative estimate of drug-likeness (QED) is 0.0153. The second-order valence-corrected chi connectivity index (χ2v) is 32.5. The summed E-state index contributed by atoms with van der Waals surface area (Å²) in [7, 11) is 0. The molecule has 818 valence electrons. The van der Waals surface area contributed by atoms with Crippen LogP contribution in [0.5, 0.6) is 0 Å². The Bertz CT molecular complexity index is 3380. The number of carbonyl (C=O) groups excluding carboxylic acids is 9. The molecule has 3 rings (SSSR count). The van der Waals surface area contributed by atoms with Crippen molar-refractivity contribution in [1.82, 2.24) is 47.9 Å². The Morgan fingerprint density at radius 1 is 0.329 bits per heavy atom. The van der Waals surface area contributed by atoms with Crippen LogP contribution in [0.25, 0.3) is 0 Å². The van der Waals surface area contributed by atoms with Gasteiger partial charge in [0.25, 0.3) is 5.91 Å². The molecule has 2 saturated heterocycles. The first-order valence-corrected chi connectivity index (χ1v) is 47.6. The van der Waals surface area contributed by atoms with Crippen molar-refractivity contribution in [3.05, 3.63) is 0 Å². The van der Waals surface area contributed by atoms with Gasteiger partial charge >= 0.3 is 97.3 Å². The fraction of sp³-hybridized carbons (Fsp3) is 0.849. The van der Waals surface area contributed by atoms with Crippen LogP contribution >= 0.6 is 0 Å². The van der Waals surface area contributed by atoms with Gasteiger partial charge in [-0.05, 0) is 64.3 Å². The maximum atomic E-state index is 15.1. The molecule has 0 aromatic heterocycles. The van der Waals surface area contributed by atoms with Crippen molar-refractivity contribution < 1.29 is 192 Å². The number of hydrogen-bond acceptors (Lipinski definition) is 29. The maximum absolute atomic E-state index is 15.1. The lowest BCUT2D eigenvalue weighted by atomic mass is 9.83. The summed E-state index contributed by atoms with van der Waals surface area (Å²) < 4.78 is 204. The average Bonchev–Trinajstić information content (AvgIpc) is 0.758. The van der Waals surface area contributed by atoms with Crippen LogP contribution in [0.1, 0.15) is 274 Å². The van der Waals surface area contributed by atoms with Crippen LogP contribution in [0.3, 0.4) is 0 Å². The number of carboxylic acid groups (broad SMARTS) is 4. The number of nitrogens with two attached hydrogens (primary N) is 4. The normalized spacial score (nSPS) is 21.2. The summed E-state index contributed by atoms with van der Waals surface area (Å²) in [6, 6.07) is -4.47. The van der Waals surface area contributed by atoms with Crippen LogP contribution < -0.4 is 70.8 Å². The van der Waals surface area contributed by atoms with Crippen LogP contribution in [-0.4, -0.2) is 294 Å². The van der Waals surface area contributed by atoms with E-state index in [4.69, 9.17) is 119 Å². The van der Waals surface area contributed by atoms with Gasteiger partial charge in [-0.3, -0.25) is 4.79 Å². The van der Waals surface area contributed by atoms with Gasteiger partial charge < -0.3 is 148 Å². The molecule has 3 fully saturated rings. The Balaban J connectivity index is 0. The van der Waals surface area contributed by atoms with Gasteiger partial charge in [-0.15, -0.1) is 0 Å². The summed E-state index contributed by atoms with van der Waals surface area (Å²) >= 11 is 0. The van der Waals surface area contributed by atoms with Crippen LogP contribution in [0.4, 0.5) is 91.0 Å². The van der Waals surface area contributed by atoms with E-state index in [1.165, 1.54) is 0 Å². The maximum Gasteiger partial charge on any atom is 0.490 e. The molecule has 21 N–H and O–H groups in total. The van der Waals surface area contributed by atoms with Gasteiger partial charge in [0, 0.05) is 71.4 Å². The zero-order valence-electron chi connectivity index (χ0n) is 80.9. The highest BCUT2D eigenvalue weighted by molar-refractivity contribution is 5.84. The van der Waals surface area contributed by atoms with E-state index in [0.717, 1.165) is 154 Å². The highest BCUT2D eigenvalue weighted by Crippen LogP contribution is 2.38. The number of amides is 9. The fourth-order valence-electron chi connectivity index (χ4n) is 13.2. The number of rotatable bonds is 58. The van der Waals surface area contributed by atoms with Crippen molar-refractivity contribution in [3.8, 4) is 0 Å². The van der Waals surface area contributed by atoms with Crippen molar-refractivity contribution in [2.45, 2.75) is 396 Å². The number of carbonyl (C=O) groups is 13. The van der Waals surface area contributed by atoms with E-state index in [2.05, 4.69) is 75.5 Å². The van der Waals surface area contributed by atoms with Crippen molar-refractivity contribution in [3.63, 3.8) is 0 Å². The van der Waals surface area contributed by atoms with Crippen LogP contribution in [-0.2, 0) is 80.8 Å². The molecule has 0 aromatic rings. The number of aliphatic carboxylic acids is 4. The predicted octanol–water partition coefficient (Wildman–Crippen LogP) is 12.6. The molecule has 9 amide bonds. The summed E-state index contributed by atoms with van der Waals surface area (Å²) in [5.41, 5.74) is 27.3. The lowest BCUT2D eigenvalue weighted by molar-refractivity contribution is -0.330. The molecule has 16 atom stereocenters. The van der Waals surface area contributed by atoms with Gasteiger partial charge in [-0.2, -0.15) is 52.7 Å². The first-order chi connectivity index (χ1) is 66.0. The topological polar surface area (TPSA) is 626 Å². The Kier molecular flexibility index (Phi) is 72.0. The van der Waals surface area contributed by atoms with Gasteiger partial charge in [0.15, 0.2) is 55.3 Å². The monoisotopic (exact) mass is 2060 g/mol. The van der Waals surface area contributed by atoms with Crippen LogP contribution in [0.2, 0.25) is 0 Å². The molecular weight excluding hydrogens is 1910 g/mol. The standard InChI is InChI=1S/C78H147N13O21.4C2HF3O2/c1-9-17-25-33-43-83-71(93)101-53-58-62(107-73(95)85-45-35-27-19-11-3)59(82)64(109-75(97)87-47-37-29-21-13-5)69(103-58)106-61-55(91-68(92)56(41-42-79)104-72(94)84-44-34-26-18-10-2)51-54(81)60(65(61)110-76(98)88-48-38-30-22-14-6)105-70-67(112-78(100)90-50-40-32-24-16-8)66(111-77(99)89-49-39-31-23-15-7)63(57(52-80)102-70)108-74(96)86-46-36-28-20-12-4;4*3-2(4,5)1(6)7/h54-67,69-70H,9-53,79-82H2,1-8H3,(H,83,93)(H,84,94)(H,85,95)(H,86,96)(H,87,97)(H,88,98)(H,89,99)(H,90,100)(H,91,92);4*(H,6,7)/t54-,55+,56?,57-,58-,59+,60+,61-,62-,63-,64-,65-,66+,67-,69-,70-;;;;/m1..../s1. The van der Waals surface area contributed by atoms with Crippen LogP contribution in [0, 0.1) is 0 Å². The molecular formula is C86H151F12N13O29. The summed E-state index contributed by atoms with van der Waals surface area (Å²) in [6.45, 7) is 16.7. The highest BCUT2D eigenvalue weighted by atomic mass is 19.4. The fourth-order valence-corrected chi connectivity index (χ4v) is 13.2. The van der Waals surface area contributed by atoms with E-state index < -0.39 is 221 Å². The second kappa shape index (κ2) is 76.1. The Hall–Kier alpha value is -9.65. The summed E-state index contributed by atoms with van der Waals surface area (Å²) in [6.07, 6.45) is -25.5. The lowest BCUT2D eigenvalue weighted by Crippen LogP contribution is -2.71. The molecule has 0 aromatic carbocycles. The third-order valence-corrected chi connectivity index (χ3v) is 20.6. The zero-order valence-corrected chi connectivity index (χ0v) is 80.9. The van der Waals surface area contributed by atoms with Crippen molar-refractivity contribution >= 4 is 78.5 Å². The third-order valence-electron chi connectivity index (χ3n) is 20.6. The molecule has 1 saturated carbocycles. The first kappa shape index (κ1) is 132. The Morgan fingerprint density at radius 2 is 0.586 bits per heavy atom. The zero-order chi connectivity index (χ0) is 106. The van der Waals surface area contributed by atoms with Gasteiger partial charge in [0.05, 0.1) is 12.1 Å². The van der Waals surface area contributed by atoms with Gasteiger partial charge in [0.1, 0.15) is 31.0 Å². The molecule has 42 nitrogen and oxygen atoms in total. The van der Waals surface area contributed by atoms with E-state index >= 15 is 4.79 Å². The number of ether oxygens (including phenoxy) is 12. The van der Waals surface area contributed by atoms with Gasteiger partial charge in [-0.25, -0.2) is 57.5 Å². The van der Waals surface area contributed by atoms with E-state index in [9.17, 15) is 91.0 Å². The van der Waals surface area contributed by atoms with Crippen molar-refractivity contribution in [1.29, 1.82) is 0 Å². The van der Waals surface area contributed by atoms with E-state index in [-0.39, 0.29) is 65.3 Å². The molecule has 0 bridgehead atoms. The second-order valence-electron chi connectivity index (χ2n) is 32.5. The molecule has 0 spiro atoms. The lowest BCUT2D eigenvalue weighted by Gasteiger charge is -2.50. The summed E-state index contributed by atoms with van der Waals surface area (Å²) in [4.78, 5) is 164. The molecule has 140 heavy (non-hydrogen) atoms. The minimum Gasteiger partial charge on any atom is -0.475 e. The number of halogens is 12. The number of carboxylic acids is 4. The largest absolute Gasteiger partial charge is 0.490 e. The first-order valence-electron chi connectivity index (χ1n) is 47.6. The van der Waals surface area contributed by atoms with Gasteiger partial charge in [-0.1, -0.05) is 209 Å². The smallest absolute Gasteiger partial charge is 0.475 e. The third kappa shape index (κ3) is 61.3. The SMILES string of the molecule is CCCCCCNC(=O)OC[C@H]1O[C@H](O[C@H]2[C@H](OC(=O)NCCCCCC)[C@@H](O[C@H]3O[C@H](CN)[C@@H](OC(=O)NCCCCCC)[C@H](OC(=O)NCCCCCC)[C@H]3OC(=O)NCCCCCC)[C@H](N)C[C@@H]2NC(=O)C(CCN)OC(=O)NCCCCCC)[C@H](OC(=O)NCCCCCC)[C@@H](N)[C@@H]1OC(=O)NCCCCCC.O=C(O)C(F)(F)F.O=C(O)C(F)(F)F.O=C(O)C(F)(F)F.O=C(O)C(F)(F)F. The van der Waals surface area contributed by atoms with E-state index in [1.54, 1.807) is 0 Å². The molecule has 2 heterocycles. The Labute approximate surface area is 807 Å². The number of alkyl halides is 12. The minimum absolute atomic E-state index is 0.0974. The molecule has 54 heteroatoms. The molecule has 0 radical (unpaired) electrons. The van der Waals surface area contributed by atoms with Gasteiger partial charge in [0.2, 0.25) is 0 Å². The predicted molar refractivity (Wildman–Crippen MR) is 477 cm³/mol. The minimum atomic E-state index is -5.08. The highest BCUT2D eigenvalue weighted by Gasteiger charge is 2.59.